The van der Waals surface area contributed by atoms with E-state index in [1.54, 1.807) is 27.0 Å². The zero-order valence-electron chi connectivity index (χ0n) is 24.9. The third kappa shape index (κ3) is 2.88. The highest BCUT2D eigenvalue weighted by Gasteiger charge is 2.92. The number of hydrogen-bond acceptors (Lipinski definition) is 11. The Morgan fingerprint density at radius 2 is 1.83 bits per heavy atom. The van der Waals surface area contributed by atoms with Gasteiger partial charge in [0.1, 0.15) is 17.1 Å². The van der Waals surface area contributed by atoms with E-state index in [1.165, 1.54) is 20.3 Å². The van der Waals surface area contributed by atoms with E-state index in [1.807, 2.05) is 13.0 Å². The molecule has 228 valence electrons. The van der Waals surface area contributed by atoms with Crippen LogP contribution in [0.5, 0.6) is 0 Å². The molecule has 6 rings (SSSR count). The van der Waals surface area contributed by atoms with Crippen LogP contribution in [0.2, 0.25) is 0 Å². The Balaban J connectivity index is 1.67. The van der Waals surface area contributed by atoms with E-state index in [-0.39, 0.29) is 24.3 Å². The van der Waals surface area contributed by atoms with Gasteiger partial charge in [-0.05, 0) is 31.9 Å². The third-order valence-electron chi connectivity index (χ3n) is 11.9. The van der Waals surface area contributed by atoms with Gasteiger partial charge in [0.15, 0.2) is 11.5 Å². The molecule has 4 aliphatic carbocycles. The molecular weight excluding hydrogens is 548 g/mol. The van der Waals surface area contributed by atoms with Crippen LogP contribution in [0.25, 0.3) is 0 Å². The minimum atomic E-state index is -2.02. The maximum absolute atomic E-state index is 14.7. The van der Waals surface area contributed by atoms with Crippen molar-refractivity contribution < 1.29 is 52.8 Å². The molecule has 3 saturated carbocycles. The monoisotopic (exact) mass is 586 g/mol. The molecule has 0 unspecified atom stereocenters. The molecule has 0 radical (unpaired) electrons. The number of carbonyl (C=O) groups excluding carboxylic acids is 4. The minimum Gasteiger partial charge on any atom is -0.504 e. The van der Waals surface area contributed by atoms with E-state index in [2.05, 4.69) is 0 Å². The maximum Gasteiger partial charge on any atom is 0.323 e. The second-order valence-corrected chi connectivity index (χ2v) is 13.2. The van der Waals surface area contributed by atoms with Gasteiger partial charge in [0, 0.05) is 48.2 Å². The van der Waals surface area contributed by atoms with Crippen molar-refractivity contribution >= 4 is 23.5 Å². The summed E-state index contributed by atoms with van der Waals surface area (Å²) in [4.78, 5) is 54.5. The molecule has 4 fully saturated rings. The highest BCUT2D eigenvalue weighted by Crippen LogP contribution is 2.82. The van der Waals surface area contributed by atoms with E-state index in [0.717, 1.165) is 12.7 Å². The summed E-state index contributed by atoms with van der Waals surface area (Å²) in [6.45, 7) is 8.21. The zero-order chi connectivity index (χ0) is 30.8. The van der Waals surface area contributed by atoms with E-state index < -0.39 is 86.9 Å². The number of furan rings is 1. The van der Waals surface area contributed by atoms with Crippen LogP contribution in [0.1, 0.15) is 65.4 Å². The van der Waals surface area contributed by atoms with Crippen molar-refractivity contribution in [2.24, 2.45) is 27.6 Å². The van der Waals surface area contributed by atoms with Crippen LogP contribution < -0.4 is 0 Å². The summed E-state index contributed by atoms with van der Waals surface area (Å²) in [5, 5.41) is 24.4. The average Bonchev–Trinajstić information content (AvgIpc) is 3.32. The summed E-state index contributed by atoms with van der Waals surface area (Å²) in [7, 11) is 2.53. The number of carbonyl (C=O) groups is 4. The molecule has 2 heterocycles. The fourth-order valence-electron chi connectivity index (χ4n) is 10.1. The Labute approximate surface area is 243 Å². The topological polar surface area (TPSA) is 162 Å². The van der Waals surface area contributed by atoms with Gasteiger partial charge in [-0.25, -0.2) is 0 Å². The summed E-state index contributed by atoms with van der Waals surface area (Å²) in [5.74, 6) is -4.96. The Morgan fingerprint density at radius 3 is 2.40 bits per heavy atom. The number of epoxide rings is 1. The average molecular weight is 587 g/mol. The van der Waals surface area contributed by atoms with Crippen LogP contribution in [0.15, 0.2) is 34.3 Å². The fourth-order valence-corrected chi connectivity index (χ4v) is 10.1. The number of aliphatic hydroxyl groups excluding tert-OH is 2. The van der Waals surface area contributed by atoms with E-state index in [4.69, 9.17) is 23.4 Å². The number of fused-ring (bicyclic) bond motifs is 3. The second-order valence-electron chi connectivity index (χ2n) is 13.2. The Morgan fingerprint density at radius 1 is 1.14 bits per heavy atom. The van der Waals surface area contributed by atoms with Gasteiger partial charge >= 0.3 is 11.9 Å². The number of methoxy groups -OCH3 is 2. The minimum absolute atomic E-state index is 0.0483. The van der Waals surface area contributed by atoms with Gasteiger partial charge in [-0.1, -0.05) is 20.8 Å². The van der Waals surface area contributed by atoms with Crippen molar-refractivity contribution in [1.29, 1.82) is 0 Å². The molecule has 0 aromatic carbocycles. The molecule has 2 N–H and O–H groups in total. The molecule has 0 amide bonds. The van der Waals surface area contributed by atoms with Crippen molar-refractivity contribution in [3.8, 4) is 0 Å². The Hall–Kier alpha value is -3.02. The molecule has 1 spiro atoms. The van der Waals surface area contributed by atoms with E-state index >= 15 is 0 Å². The van der Waals surface area contributed by atoms with Gasteiger partial charge in [-0.15, -0.1) is 0 Å². The van der Waals surface area contributed by atoms with Crippen LogP contribution >= 0.6 is 0 Å². The first-order valence-corrected chi connectivity index (χ1v) is 14.4. The van der Waals surface area contributed by atoms with Crippen LogP contribution in [0.3, 0.4) is 0 Å². The highest BCUT2D eigenvalue weighted by molar-refractivity contribution is 6.12. The second kappa shape index (κ2) is 8.76. The predicted octanol–water partition coefficient (Wildman–Crippen LogP) is 2.80. The van der Waals surface area contributed by atoms with Crippen molar-refractivity contribution in [1.82, 2.24) is 0 Å². The number of ketones is 2. The number of ether oxygens (including phenoxy) is 4. The standard InChI is InChI=1S/C31H38O11/c1-8-19(33)41-25-21(35)23-28(3)17(38-6)12-16(32)27(2,26(37)39-7)22(28)20(34)24(36)30(23,5)31-18(42-31)11-15(29(25,31)4)14-9-10-40-13-14/h9-10,13,15,17-18,21,23,25,34-35H,8,11-12H2,1-7H3/t15-,17-,18+,21+,23+,25-,27-,28-,29+,30-,31+/m0/s1. The lowest BCUT2D eigenvalue weighted by Crippen LogP contribution is -2.77. The number of Topliss-reactive ketones (excluding diaryl/α,β-unsaturated/α-hetero) is 2. The summed E-state index contributed by atoms with van der Waals surface area (Å²) >= 11 is 0. The lowest BCUT2D eigenvalue weighted by atomic mass is 9.36. The van der Waals surface area contributed by atoms with Gasteiger partial charge in [0.2, 0.25) is 5.78 Å². The molecule has 11 nitrogen and oxygen atoms in total. The predicted molar refractivity (Wildman–Crippen MR) is 143 cm³/mol. The molecule has 42 heavy (non-hydrogen) atoms. The summed E-state index contributed by atoms with van der Waals surface area (Å²) in [6.07, 6.45) is -0.646. The third-order valence-corrected chi connectivity index (χ3v) is 11.9. The summed E-state index contributed by atoms with van der Waals surface area (Å²) < 4.78 is 28.9. The van der Waals surface area contributed by atoms with Crippen LogP contribution in [0, 0.1) is 27.6 Å². The molecule has 11 atom stereocenters. The number of rotatable bonds is 5. The number of aliphatic hydroxyl groups is 2. The Kier molecular flexibility index (Phi) is 6.07. The molecule has 11 heteroatoms. The number of allylic oxidation sites excluding steroid dienone is 1. The molecular formula is C31H38O11. The van der Waals surface area contributed by atoms with Crippen molar-refractivity contribution in [2.45, 2.75) is 89.8 Å². The lowest BCUT2D eigenvalue weighted by Gasteiger charge is -2.67. The molecule has 0 bridgehead atoms. The first kappa shape index (κ1) is 29.1. The number of hydrogen-bond donors (Lipinski definition) is 2. The van der Waals surface area contributed by atoms with Gasteiger partial charge in [0.25, 0.3) is 0 Å². The van der Waals surface area contributed by atoms with Crippen LogP contribution in [0.4, 0.5) is 0 Å². The molecule has 1 aliphatic heterocycles. The van der Waals surface area contributed by atoms with Crippen molar-refractivity contribution in [3.05, 3.63) is 35.5 Å². The first-order valence-electron chi connectivity index (χ1n) is 14.4. The van der Waals surface area contributed by atoms with Gasteiger partial charge in [-0.2, -0.15) is 0 Å². The summed E-state index contributed by atoms with van der Waals surface area (Å²) in [5.41, 5.74) is -6.80. The van der Waals surface area contributed by atoms with Gasteiger partial charge < -0.3 is 33.6 Å². The van der Waals surface area contributed by atoms with Crippen molar-refractivity contribution in [2.75, 3.05) is 14.2 Å². The number of esters is 2. The summed E-state index contributed by atoms with van der Waals surface area (Å²) in [6, 6.07) is 1.81. The van der Waals surface area contributed by atoms with Crippen LogP contribution in [-0.2, 0) is 38.1 Å². The van der Waals surface area contributed by atoms with Gasteiger partial charge in [0.05, 0.1) is 43.4 Å². The fraction of sp³-hybridized carbons (Fsp3) is 0.677. The quantitative estimate of drug-likeness (QED) is 0.296. The molecule has 5 aliphatic rings. The first-order chi connectivity index (χ1) is 19.7. The molecule has 1 aromatic rings. The maximum atomic E-state index is 14.7. The zero-order valence-corrected chi connectivity index (χ0v) is 24.9. The normalized spacial score (nSPS) is 47.2. The lowest BCUT2D eigenvalue weighted by molar-refractivity contribution is -0.255. The van der Waals surface area contributed by atoms with E-state index in [0.29, 0.717) is 6.42 Å². The Bertz CT molecular complexity index is 1410. The van der Waals surface area contributed by atoms with Crippen LogP contribution in [-0.4, -0.2) is 78.0 Å². The SMILES string of the molecule is CCC(=O)O[C@H]1[C@H](O)[C@@H]2[C@]3(C)C(=C(O)C(=O)[C@@]2(C)[C@@]24O[C@@H]2C[C@@H](c2ccoc2)[C@]14C)[C@@](C)(C(=O)OC)C(=O)C[C@@H]3OC. The van der Waals surface area contributed by atoms with E-state index in [9.17, 15) is 29.4 Å². The molecule has 1 aromatic heterocycles. The smallest absolute Gasteiger partial charge is 0.323 e. The van der Waals surface area contributed by atoms with Crippen molar-refractivity contribution in [3.63, 3.8) is 0 Å². The molecule has 1 saturated heterocycles. The largest absolute Gasteiger partial charge is 0.504 e. The van der Waals surface area contributed by atoms with Gasteiger partial charge in [-0.3, -0.25) is 19.2 Å². The highest BCUT2D eigenvalue weighted by atomic mass is 16.6.